The van der Waals surface area contributed by atoms with Gasteiger partial charge in [0.1, 0.15) is 11.5 Å². The van der Waals surface area contributed by atoms with Crippen molar-refractivity contribution in [2.24, 2.45) is 0 Å². The maximum absolute atomic E-state index is 13.2. The highest BCUT2D eigenvalue weighted by molar-refractivity contribution is 6.35. The van der Waals surface area contributed by atoms with Crippen molar-refractivity contribution in [1.82, 2.24) is 0 Å². The average molecular weight is 493 g/mol. The van der Waals surface area contributed by atoms with Crippen molar-refractivity contribution in [3.8, 4) is 11.5 Å². The Kier molecular flexibility index (Phi) is 5.86. The van der Waals surface area contributed by atoms with Crippen LogP contribution in [0.4, 0.5) is 17.1 Å². The molecular weight excluding hydrogens is 474 g/mol. The van der Waals surface area contributed by atoms with Crippen LogP contribution in [-0.4, -0.2) is 33.8 Å². The summed E-state index contributed by atoms with van der Waals surface area (Å²) < 4.78 is 0. The lowest BCUT2D eigenvalue weighted by Gasteiger charge is -2.15. The molecule has 0 aliphatic carbocycles. The molecule has 9 heteroatoms. The van der Waals surface area contributed by atoms with Crippen molar-refractivity contribution in [2.75, 3.05) is 15.5 Å². The quantitative estimate of drug-likeness (QED) is 0.240. The first-order valence-corrected chi connectivity index (χ1v) is 11.1. The number of fused-ring (bicyclic) bond motifs is 1. The number of rotatable bonds is 5. The number of para-hydroxylation sites is 4. The monoisotopic (exact) mass is 493 g/mol. The minimum Gasteiger partial charge on any atom is -0.506 e. The van der Waals surface area contributed by atoms with E-state index in [9.17, 15) is 29.4 Å². The maximum Gasteiger partial charge on any atom is 0.266 e. The molecule has 0 saturated heterocycles. The SMILES string of the molecule is O=C(Nc1ccccc1O)c1cccc(N2C(=O)c3ccc(C(=O)Nc4ccccc4O)cc3C2=O)c1. The van der Waals surface area contributed by atoms with E-state index in [2.05, 4.69) is 10.6 Å². The summed E-state index contributed by atoms with van der Waals surface area (Å²) in [7, 11) is 0. The van der Waals surface area contributed by atoms with Crippen LogP contribution in [0.25, 0.3) is 0 Å². The highest BCUT2D eigenvalue weighted by atomic mass is 16.3. The van der Waals surface area contributed by atoms with Crippen LogP contribution in [0.1, 0.15) is 41.4 Å². The van der Waals surface area contributed by atoms with E-state index in [1.807, 2.05) is 0 Å². The van der Waals surface area contributed by atoms with Crippen molar-refractivity contribution >= 4 is 40.7 Å². The first-order valence-electron chi connectivity index (χ1n) is 11.1. The zero-order valence-electron chi connectivity index (χ0n) is 19.1. The topological polar surface area (TPSA) is 136 Å². The normalized spacial score (nSPS) is 12.3. The molecule has 0 radical (unpaired) electrons. The third-order valence-electron chi connectivity index (χ3n) is 5.82. The Balaban J connectivity index is 1.39. The molecule has 0 bridgehead atoms. The Labute approximate surface area is 210 Å². The van der Waals surface area contributed by atoms with E-state index in [0.717, 1.165) is 4.90 Å². The number of aromatic hydroxyl groups is 2. The lowest BCUT2D eigenvalue weighted by atomic mass is 10.1. The molecule has 0 unspecified atom stereocenters. The van der Waals surface area contributed by atoms with E-state index < -0.39 is 23.6 Å². The molecule has 4 aromatic carbocycles. The molecule has 4 N–H and O–H groups in total. The Morgan fingerprint density at radius 3 is 1.73 bits per heavy atom. The average Bonchev–Trinajstić information content (AvgIpc) is 3.15. The first kappa shape index (κ1) is 23.3. The zero-order valence-corrected chi connectivity index (χ0v) is 19.1. The number of benzene rings is 4. The number of nitrogens with zero attached hydrogens (tertiary/aromatic N) is 1. The number of nitrogens with one attached hydrogen (secondary N) is 2. The van der Waals surface area contributed by atoms with Crippen LogP contribution in [-0.2, 0) is 0 Å². The second-order valence-electron chi connectivity index (χ2n) is 8.20. The van der Waals surface area contributed by atoms with Gasteiger partial charge in [-0.05, 0) is 60.7 Å². The van der Waals surface area contributed by atoms with Gasteiger partial charge in [0.2, 0.25) is 0 Å². The van der Waals surface area contributed by atoms with E-state index in [-0.39, 0.29) is 50.8 Å². The number of hydrogen-bond acceptors (Lipinski definition) is 6. The number of phenolic OH excluding ortho intramolecular Hbond substituents is 2. The molecule has 1 heterocycles. The summed E-state index contributed by atoms with van der Waals surface area (Å²) in [5.41, 5.74) is 1.05. The minimum absolute atomic E-state index is 0.0407. The molecule has 1 aliphatic heterocycles. The Bertz CT molecular complexity index is 1600. The molecule has 0 saturated carbocycles. The molecule has 1 aliphatic rings. The smallest absolute Gasteiger partial charge is 0.266 e. The van der Waals surface area contributed by atoms with Gasteiger partial charge in [-0.15, -0.1) is 0 Å². The van der Waals surface area contributed by atoms with Crippen molar-refractivity contribution in [1.29, 1.82) is 0 Å². The first-order chi connectivity index (χ1) is 17.8. The van der Waals surface area contributed by atoms with E-state index in [1.54, 1.807) is 24.3 Å². The molecule has 182 valence electrons. The molecule has 0 fully saturated rings. The molecule has 37 heavy (non-hydrogen) atoms. The van der Waals surface area contributed by atoms with Crippen LogP contribution < -0.4 is 15.5 Å². The molecule has 9 nitrogen and oxygen atoms in total. The predicted octanol–water partition coefficient (Wildman–Crippen LogP) is 4.40. The Morgan fingerprint density at radius 2 is 1.14 bits per heavy atom. The van der Waals surface area contributed by atoms with Gasteiger partial charge in [-0.1, -0.05) is 30.3 Å². The third-order valence-corrected chi connectivity index (χ3v) is 5.82. The van der Waals surface area contributed by atoms with Gasteiger partial charge in [-0.3, -0.25) is 19.2 Å². The molecule has 0 spiro atoms. The van der Waals surface area contributed by atoms with Gasteiger partial charge in [0.05, 0.1) is 28.2 Å². The summed E-state index contributed by atoms with van der Waals surface area (Å²) in [5, 5.41) is 25.0. The number of anilines is 3. The highest BCUT2D eigenvalue weighted by Gasteiger charge is 2.37. The lowest BCUT2D eigenvalue weighted by Crippen LogP contribution is -2.29. The number of phenols is 2. The summed E-state index contributed by atoms with van der Waals surface area (Å²) in [6.07, 6.45) is 0. The Hall–Kier alpha value is -5.44. The molecule has 0 atom stereocenters. The van der Waals surface area contributed by atoms with Crippen LogP contribution >= 0.6 is 0 Å². The number of hydrogen-bond donors (Lipinski definition) is 4. The standard InChI is InChI=1S/C28H19N3O6/c32-23-10-3-1-8-21(23)29-25(34)16-6-5-7-18(14-16)31-27(36)19-13-12-17(15-20(19)28(31)37)26(35)30-22-9-2-4-11-24(22)33/h1-15,32-33H,(H,29,34)(H,30,35). The number of carbonyl (C=O) groups is 4. The fraction of sp³-hybridized carbons (Fsp3) is 0. The predicted molar refractivity (Wildman–Crippen MR) is 136 cm³/mol. The minimum atomic E-state index is -0.643. The second-order valence-corrected chi connectivity index (χ2v) is 8.20. The number of carbonyl (C=O) groups excluding carboxylic acids is 4. The van der Waals surface area contributed by atoms with Crippen molar-refractivity contribution < 1.29 is 29.4 Å². The van der Waals surface area contributed by atoms with Crippen molar-refractivity contribution in [3.63, 3.8) is 0 Å². The van der Waals surface area contributed by atoms with Gasteiger partial charge in [0.15, 0.2) is 0 Å². The zero-order chi connectivity index (χ0) is 26.1. The highest BCUT2D eigenvalue weighted by Crippen LogP contribution is 2.31. The van der Waals surface area contributed by atoms with E-state index in [0.29, 0.717) is 0 Å². The van der Waals surface area contributed by atoms with Crippen LogP contribution in [0.5, 0.6) is 11.5 Å². The van der Waals surface area contributed by atoms with Gasteiger partial charge in [-0.2, -0.15) is 0 Å². The van der Waals surface area contributed by atoms with E-state index in [4.69, 9.17) is 0 Å². The van der Waals surface area contributed by atoms with Crippen LogP contribution in [0, 0.1) is 0 Å². The molecular formula is C28H19N3O6. The molecule has 5 rings (SSSR count). The van der Waals surface area contributed by atoms with Gasteiger partial charge in [0.25, 0.3) is 23.6 Å². The van der Waals surface area contributed by atoms with Gasteiger partial charge in [0, 0.05) is 11.1 Å². The largest absolute Gasteiger partial charge is 0.506 e. The number of amides is 4. The second kappa shape index (κ2) is 9.31. The molecule has 4 aromatic rings. The van der Waals surface area contributed by atoms with E-state index in [1.165, 1.54) is 66.7 Å². The van der Waals surface area contributed by atoms with Crippen LogP contribution in [0.15, 0.2) is 91.0 Å². The van der Waals surface area contributed by atoms with Gasteiger partial charge in [-0.25, -0.2) is 4.90 Å². The van der Waals surface area contributed by atoms with Crippen LogP contribution in [0.2, 0.25) is 0 Å². The lowest BCUT2D eigenvalue weighted by molar-refractivity contribution is 0.0923. The summed E-state index contributed by atoms with van der Waals surface area (Å²) >= 11 is 0. The van der Waals surface area contributed by atoms with Crippen molar-refractivity contribution in [2.45, 2.75) is 0 Å². The van der Waals surface area contributed by atoms with E-state index >= 15 is 0 Å². The third kappa shape index (κ3) is 4.37. The summed E-state index contributed by atoms with van der Waals surface area (Å²) in [4.78, 5) is 52.7. The summed E-state index contributed by atoms with van der Waals surface area (Å²) in [5.74, 6) is -2.55. The fourth-order valence-corrected chi connectivity index (χ4v) is 3.95. The van der Waals surface area contributed by atoms with Crippen molar-refractivity contribution in [3.05, 3.63) is 113 Å². The molecule has 4 amide bonds. The maximum atomic E-state index is 13.2. The van der Waals surface area contributed by atoms with Gasteiger partial charge < -0.3 is 20.8 Å². The molecule has 0 aromatic heterocycles. The fourth-order valence-electron chi connectivity index (χ4n) is 3.95. The van der Waals surface area contributed by atoms with Gasteiger partial charge >= 0.3 is 0 Å². The van der Waals surface area contributed by atoms with Crippen LogP contribution in [0.3, 0.4) is 0 Å². The Morgan fingerprint density at radius 1 is 0.595 bits per heavy atom. The number of imide groups is 1. The summed E-state index contributed by atoms with van der Waals surface area (Å²) in [6, 6.07) is 22.5. The summed E-state index contributed by atoms with van der Waals surface area (Å²) in [6.45, 7) is 0.